The molecule has 1 aliphatic rings. The van der Waals surface area contributed by atoms with Gasteiger partial charge in [0.1, 0.15) is 6.61 Å². The standard InChI is InChI=1S/C31H26O3S/c1-21-14-15-22(30(18-21)35-29-13-7-2-8-23(29)19-32)16-17-31(33)34-20-28-26-11-5-3-9-24(26)25-10-4-6-12-27(25)28/h2-15,18-19,28H,16-17,20H2,1H3. The molecule has 4 aromatic carbocycles. The molecule has 3 nitrogen and oxygen atoms in total. The number of esters is 1. The van der Waals surface area contributed by atoms with Crippen LogP contribution in [-0.2, 0) is 16.0 Å². The van der Waals surface area contributed by atoms with Gasteiger partial charge in [0.05, 0.1) is 0 Å². The summed E-state index contributed by atoms with van der Waals surface area (Å²) in [4.78, 5) is 26.2. The molecule has 0 heterocycles. The third-order valence-corrected chi connectivity index (χ3v) is 7.65. The first-order valence-electron chi connectivity index (χ1n) is 11.8. The van der Waals surface area contributed by atoms with Crippen molar-refractivity contribution in [3.05, 3.63) is 119 Å². The summed E-state index contributed by atoms with van der Waals surface area (Å²) in [5.74, 6) is -0.131. The van der Waals surface area contributed by atoms with Crippen LogP contribution in [0.3, 0.4) is 0 Å². The maximum Gasteiger partial charge on any atom is 0.306 e. The number of fused-ring (bicyclic) bond motifs is 3. The first-order chi connectivity index (χ1) is 17.1. The Labute approximate surface area is 210 Å². The summed E-state index contributed by atoms with van der Waals surface area (Å²) in [6.07, 6.45) is 1.78. The van der Waals surface area contributed by atoms with Crippen molar-refractivity contribution in [2.24, 2.45) is 0 Å². The lowest BCUT2D eigenvalue weighted by atomic mass is 9.98. The van der Waals surface area contributed by atoms with Crippen LogP contribution < -0.4 is 0 Å². The second-order valence-corrected chi connectivity index (χ2v) is 9.86. The van der Waals surface area contributed by atoms with Gasteiger partial charge in [-0.1, -0.05) is 90.6 Å². The molecule has 0 amide bonds. The highest BCUT2D eigenvalue weighted by Crippen LogP contribution is 2.44. The van der Waals surface area contributed by atoms with Crippen LogP contribution in [0.25, 0.3) is 11.1 Å². The molecule has 0 unspecified atom stereocenters. The van der Waals surface area contributed by atoms with Crippen LogP contribution in [0.5, 0.6) is 0 Å². The number of hydrogen-bond acceptors (Lipinski definition) is 4. The summed E-state index contributed by atoms with van der Waals surface area (Å²) >= 11 is 1.57. The molecular formula is C31H26O3S. The Kier molecular flexibility index (Phi) is 6.82. The van der Waals surface area contributed by atoms with Crippen molar-refractivity contribution >= 4 is 24.0 Å². The van der Waals surface area contributed by atoms with Gasteiger partial charge in [0.15, 0.2) is 6.29 Å². The Morgan fingerprint density at radius 1 is 0.857 bits per heavy atom. The van der Waals surface area contributed by atoms with Crippen LogP contribution in [-0.4, -0.2) is 18.9 Å². The second-order valence-electron chi connectivity index (χ2n) is 8.78. The smallest absolute Gasteiger partial charge is 0.306 e. The maximum absolute atomic E-state index is 12.8. The van der Waals surface area contributed by atoms with Crippen LogP contribution in [0.2, 0.25) is 0 Å². The predicted molar refractivity (Wildman–Crippen MR) is 140 cm³/mol. The monoisotopic (exact) mass is 478 g/mol. The van der Waals surface area contributed by atoms with Crippen molar-refractivity contribution < 1.29 is 14.3 Å². The van der Waals surface area contributed by atoms with Gasteiger partial charge in [0.25, 0.3) is 0 Å². The maximum atomic E-state index is 12.8. The van der Waals surface area contributed by atoms with Crippen molar-refractivity contribution in [3.8, 4) is 11.1 Å². The molecule has 4 aromatic rings. The number of carbonyl (C=O) groups excluding carboxylic acids is 2. The lowest BCUT2D eigenvalue weighted by molar-refractivity contribution is -0.143. The molecule has 0 aliphatic heterocycles. The summed E-state index contributed by atoms with van der Waals surface area (Å²) in [6.45, 7) is 2.39. The van der Waals surface area contributed by atoms with E-state index in [4.69, 9.17) is 4.74 Å². The largest absolute Gasteiger partial charge is 0.465 e. The zero-order valence-electron chi connectivity index (χ0n) is 19.6. The fourth-order valence-corrected chi connectivity index (χ4v) is 5.84. The summed E-state index contributed by atoms with van der Waals surface area (Å²) in [5, 5.41) is 0. The highest BCUT2D eigenvalue weighted by Gasteiger charge is 2.29. The molecule has 1 aliphatic carbocycles. The van der Waals surface area contributed by atoms with Crippen LogP contribution in [0, 0.1) is 6.92 Å². The lowest BCUT2D eigenvalue weighted by Crippen LogP contribution is -2.13. The Morgan fingerprint density at radius 2 is 1.51 bits per heavy atom. The molecule has 0 radical (unpaired) electrons. The normalized spacial score (nSPS) is 12.1. The van der Waals surface area contributed by atoms with E-state index in [9.17, 15) is 9.59 Å². The average Bonchev–Trinajstić information content (AvgIpc) is 3.21. The molecule has 0 N–H and O–H groups in total. The SMILES string of the molecule is Cc1ccc(CCC(=O)OCC2c3ccccc3-c3ccccc32)c(Sc2ccccc2C=O)c1. The molecule has 0 spiro atoms. The van der Waals surface area contributed by atoms with E-state index < -0.39 is 0 Å². The lowest BCUT2D eigenvalue weighted by Gasteiger charge is -2.15. The van der Waals surface area contributed by atoms with Crippen LogP contribution in [0.1, 0.15) is 45.0 Å². The van der Waals surface area contributed by atoms with Crippen molar-refractivity contribution in [1.82, 2.24) is 0 Å². The number of aldehydes is 1. The number of hydrogen-bond donors (Lipinski definition) is 0. The Hall–Kier alpha value is -3.63. The molecule has 35 heavy (non-hydrogen) atoms. The van der Waals surface area contributed by atoms with Gasteiger partial charge in [0, 0.05) is 27.7 Å². The number of aryl methyl sites for hydroxylation is 2. The molecule has 174 valence electrons. The predicted octanol–water partition coefficient (Wildman–Crippen LogP) is 7.25. The zero-order valence-corrected chi connectivity index (χ0v) is 20.4. The minimum atomic E-state index is -0.198. The highest BCUT2D eigenvalue weighted by atomic mass is 32.2. The first-order valence-corrected chi connectivity index (χ1v) is 12.6. The van der Waals surface area contributed by atoms with Crippen LogP contribution in [0.15, 0.2) is 101 Å². The van der Waals surface area contributed by atoms with E-state index in [2.05, 4.69) is 54.6 Å². The van der Waals surface area contributed by atoms with E-state index in [0.29, 0.717) is 25.0 Å². The van der Waals surface area contributed by atoms with E-state index in [0.717, 1.165) is 27.2 Å². The fraction of sp³-hybridized carbons (Fsp3) is 0.161. The molecular weight excluding hydrogens is 452 g/mol. The molecule has 0 aromatic heterocycles. The number of benzene rings is 4. The van der Waals surface area contributed by atoms with E-state index in [1.807, 2.05) is 43.3 Å². The van der Waals surface area contributed by atoms with Gasteiger partial charge in [-0.15, -0.1) is 0 Å². The summed E-state index contributed by atoms with van der Waals surface area (Å²) < 4.78 is 5.79. The Bertz CT molecular complexity index is 1350. The summed E-state index contributed by atoms with van der Waals surface area (Å²) in [5.41, 5.74) is 7.76. The minimum absolute atomic E-state index is 0.0664. The third-order valence-electron chi connectivity index (χ3n) is 6.46. The van der Waals surface area contributed by atoms with Crippen LogP contribution in [0.4, 0.5) is 0 Å². The van der Waals surface area contributed by atoms with Gasteiger partial charge < -0.3 is 4.74 Å². The molecule has 0 atom stereocenters. The summed E-state index contributed by atoms with van der Waals surface area (Å²) in [7, 11) is 0. The molecule has 0 saturated heterocycles. The van der Waals surface area contributed by atoms with Gasteiger partial charge in [-0.25, -0.2) is 0 Å². The molecule has 0 saturated carbocycles. The van der Waals surface area contributed by atoms with Gasteiger partial charge >= 0.3 is 5.97 Å². The van der Waals surface area contributed by atoms with Crippen molar-refractivity contribution in [1.29, 1.82) is 0 Å². The zero-order chi connectivity index (χ0) is 24.2. The fourth-order valence-electron chi connectivity index (χ4n) is 4.68. The Morgan fingerprint density at radius 3 is 2.23 bits per heavy atom. The number of carbonyl (C=O) groups is 2. The first kappa shape index (κ1) is 23.1. The van der Waals surface area contributed by atoms with E-state index >= 15 is 0 Å². The Balaban J connectivity index is 1.26. The van der Waals surface area contributed by atoms with Crippen molar-refractivity contribution in [2.75, 3.05) is 6.61 Å². The third kappa shape index (κ3) is 4.94. The van der Waals surface area contributed by atoms with Crippen molar-refractivity contribution in [2.45, 2.75) is 35.5 Å². The van der Waals surface area contributed by atoms with E-state index in [-0.39, 0.29) is 11.9 Å². The minimum Gasteiger partial charge on any atom is -0.465 e. The second kappa shape index (κ2) is 10.3. The highest BCUT2D eigenvalue weighted by molar-refractivity contribution is 7.99. The van der Waals surface area contributed by atoms with E-state index in [1.54, 1.807) is 11.8 Å². The summed E-state index contributed by atoms with van der Waals surface area (Å²) in [6, 6.07) is 30.5. The number of rotatable bonds is 8. The topological polar surface area (TPSA) is 43.4 Å². The molecule has 0 bridgehead atoms. The van der Waals surface area contributed by atoms with Gasteiger partial charge in [-0.05, 0) is 58.9 Å². The molecule has 5 rings (SSSR count). The number of ether oxygens (including phenoxy) is 1. The quantitative estimate of drug-likeness (QED) is 0.198. The molecule has 0 fully saturated rings. The van der Waals surface area contributed by atoms with Crippen LogP contribution >= 0.6 is 11.8 Å². The van der Waals surface area contributed by atoms with Gasteiger partial charge in [-0.2, -0.15) is 0 Å². The average molecular weight is 479 g/mol. The molecule has 4 heteroatoms. The van der Waals surface area contributed by atoms with Gasteiger partial charge in [-0.3, -0.25) is 9.59 Å². The van der Waals surface area contributed by atoms with E-state index in [1.165, 1.54) is 22.3 Å². The van der Waals surface area contributed by atoms with Crippen molar-refractivity contribution in [3.63, 3.8) is 0 Å². The van der Waals surface area contributed by atoms with Gasteiger partial charge in [0.2, 0.25) is 0 Å².